The van der Waals surface area contributed by atoms with E-state index in [9.17, 15) is 4.39 Å². The van der Waals surface area contributed by atoms with Gasteiger partial charge < -0.3 is 5.32 Å². The van der Waals surface area contributed by atoms with E-state index in [1.165, 1.54) is 18.9 Å². The highest BCUT2D eigenvalue weighted by Gasteiger charge is 2.31. The average molecular weight is 343 g/mol. The molecule has 112 valence electrons. The van der Waals surface area contributed by atoms with E-state index in [0.29, 0.717) is 5.92 Å². The van der Waals surface area contributed by atoms with E-state index in [-0.39, 0.29) is 11.9 Å². The number of benzene rings is 1. The third kappa shape index (κ3) is 3.80. The molecule has 2 atom stereocenters. The van der Waals surface area contributed by atoms with E-state index in [2.05, 4.69) is 40.1 Å². The third-order valence-corrected chi connectivity index (χ3v) is 4.84. The zero-order valence-corrected chi connectivity index (χ0v) is 13.9. The highest BCUT2D eigenvalue weighted by molar-refractivity contribution is 9.10. The second kappa shape index (κ2) is 7.53. The Morgan fingerprint density at radius 3 is 3.00 bits per heavy atom. The Morgan fingerprint density at radius 2 is 2.25 bits per heavy atom. The molecule has 2 unspecified atom stereocenters. The van der Waals surface area contributed by atoms with E-state index in [1.807, 2.05) is 6.07 Å². The van der Waals surface area contributed by atoms with E-state index in [0.717, 1.165) is 36.1 Å². The predicted molar refractivity (Wildman–Crippen MR) is 85.4 cm³/mol. The Balaban J connectivity index is 2.20. The monoisotopic (exact) mass is 342 g/mol. The van der Waals surface area contributed by atoms with Crippen LogP contribution in [0.4, 0.5) is 4.39 Å². The minimum Gasteiger partial charge on any atom is -0.316 e. The lowest BCUT2D eigenvalue weighted by Crippen LogP contribution is -2.40. The smallest absolute Gasteiger partial charge is 0.123 e. The fourth-order valence-corrected chi connectivity index (χ4v) is 3.65. The molecule has 0 amide bonds. The Labute approximate surface area is 129 Å². The van der Waals surface area contributed by atoms with Gasteiger partial charge in [0.25, 0.3) is 0 Å². The van der Waals surface area contributed by atoms with Crippen molar-refractivity contribution in [2.24, 2.45) is 5.92 Å². The topological polar surface area (TPSA) is 15.3 Å². The number of rotatable bonds is 5. The van der Waals surface area contributed by atoms with Crippen LogP contribution in [0.25, 0.3) is 0 Å². The number of hydrogen-bond acceptors (Lipinski definition) is 2. The van der Waals surface area contributed by atoms with Crippen LogP contribution in [0.15, 0.2) is 22.7 Å². The van der Waals surface area contributed by atoms with Gasteiger partial charge in [-0.3, -0.25) is 4.90 Å². The second-order valence-electron chi connectivity index (χ2n) is 5.70. The number of piperidine rings is 1. The molecule has 0 aliphatic carbocycles. The van der Waals surface area contributed by atoms with Gasteiger partial charge >= 0.3 is 0 Å². The summed E-state index contributed by atoms with van der Waals surface area (Å²) in [5.41, 5.74) is 1.08. The van der Waals surface area contributed by atoms with Crippen molar-refractivity contribution in [1.29, 1.82) is 0 Å². The molecule has 1 aliphatic heterocycles. The van der Waals surface area contributed by atoms with Crippen LogP contribution >= 0.6 is 15.9 Å². The third-order valence-electron chi connectivity index (χ3n) is 4.12. The maximum atomic E-state index is 13.6. The average Bonchev–Trinajstić information content (AvgIpc) is 2.42. The molecule has 0 saturated carbocycles. The maximum Gasteiger partial charge on any atom is 0.123 e. The lowest BCUT2D eigenvalue weighted by Gasteiger charge is -2.40. The van der Waals surface area contributed by atoms with Gasteiger partial charge in [0.15, 0.2) is 0 Å². The number of hydrogen-bond donors (Lipinski definition) is 1. The van der Waals surface area contributed by atoms with Gasteiger partial charge in [-0.2, -0.15) is 0 Å². The van der Waals surface area contributed by atoms with E-state index in [1.54, 1.807) is 6.07 Å². The van der Waals surface area contributed by atoms with Crippen molar-refractivity contribution in [1.82, 2.24) is 10.2 Å². The first-order valence-electron chi connectivity index (χ1n) is 7.49. The standard InChI is InChI=1S/C16H24BrFN2/c1-3-8-19-11-12-5-4-9-20(2)16(12)14-10-13(18)6-7-15(14)17/h6-7,10,12,16,19H,3-5,8-9,11H2,1-2H3. The largest absolute Gasteiger partial charge is 0.316 e. The summed E-state index contributed by atoms with van der Waals surface area (Å²) in [6, 6.07) is 5.31. The van der Waals surface area contributed by atoms with E-state index < -0.39 is 0 Å². The number of nitrogens with zero attached hydrogens (tertiary/aromatic N) is 1. The normalized spacial score (nSPS) is 24.0. The molecule has 1 saturated heterocycles. The van der Waals surface area contributed by atoms with Crippen LogP contribution in [0.1, 0.15) is 37.8 Å². The highest BCUT2D eigenvalue weighted by Crippen LogP contribution is 2.38. The summed E-state index contributed by atoms with van der Waals surface area (Å²) in [7, 11) is 2.15. The molecule has 1 aromatic carbocycles. The molecular formula is C16H24BrFN2. The predicted octanol–water partition coefficient (Wildman–Crippen LogP) is 3.97. The van der Waals surface area contributed by atoms with Gasteiger partial charge in [-0.25, -0.2) is 4.39 Å². The summed E-state index contributed by atoms with van der Waals surface area (Å²) in [6.45, 7) is 5.32. The van der Waals surface area contributed by atoms with E-state index in [4.69, 9.17) is 0 Å². The van der Waals surface area contributed by atoms with Crippen molar-refractivity contribution in [3.63, 3.8) is 0 Å². The van der Waals surface area contributed by atoms with Gasteiger partial charge in [-0.05, 0) is 75.6 Å². The first kappa shape index (κ1) is 15.9. The van der Waals surface area contributed by atoms with Gasteiger partial charge in [0.05, 0.1) is 0 Å². The van der Waals surface area contributed by atoms with Crippen LogP contribution in [0.5, 0.6) is 0 Å². The van der Waals surface area contributed by atoms with Gasteiger partial charge in [0, 0.05) is 10.5 Å². The Kier molecular flexibility index (Phi) is 6.00. The van der Waals surface area contributed by atoms with Crippen molar-refractivity contribution >= 4 is 15.9 Å². The van der Waals surface area contributed by atoms with Crippen LogP contribution in [0, 0.1) is 11.7 Å². The molecule has 20 heavy (non-hydrogen) atoms. The zero-order chi connectivity index (χ0) is 14.5. The molecule has 2 rings (SSSR count). The van der Waals surface area contributed by atoms with Gasteiger partial charge in [-0.15, -0.1) is 0 Å². The SMILES string of the molecule is CCCNCC1CCCN(C)C1c1cc(F)ccc1Br. The van der Waals surface area contributed by atoms with Crippen LogP contribution in [0.3, 0.4) is 0 Å². The van der Waals surface area contributed by atoms with Crippen LogP contribution < -0.4 is 5.32 Å². The molecular weight excluding hydrogens is 319 g/mol. The second-order valence-corrected chi connectivity index (χ2v) is 6.55. The molecule has 2 nitrogen and oxygen atoms in total. The molecule has 0 radical (unpaired) electrons. The summed E-state index contributed by atoms with van der Waals surface area (Å²) in [4.78, 5) is 2.36. The first-order valence-corrected chi connectivity index (χ1v) is 8.28. The molecule has 1 N–H and O–H groups in total. The number of likely N-dealkylation sites (tertiary alicyclic amines) is 1. The molecule has 0 aromatic heterocycles. The van der Waals surface area contributed by atoms with Gasteiger partial charge in [0.1, 0.15) is 5.82 Å². The van der Waals surface area contributed by atoms with Crippen LogP contribution in [0.2, 0.25) is 0 Å². The lowest BCUT2D eigenvalue weighted by atomic mass is 9.85. The summed E-state index contributed by atoms with van der Waals surface area (Å²) >= 11 is 3.59. The minimum atomic E-state index is -0.151. The zero-order valence-electron chi connectivity index (χ0n) is 12.3. The maximum absolute atomic E-state index is 13.6. The fourth-order valence-electron chi connectivity index (χ4n) is 3.17. The minimum absolute atomic E-state index is 0.151. The molecule has 1 aromatic rings. The number of nitrogens with one attached hydrogen (secondary N) is 1. The molecule has 0 spiro atoms. The van der Waals surface area contributed by atoms with Crippen LogP contribution in [-0.4, -0.2) is 31.6 Å². The molecule has 4 heteroatoms. The summed E-state index contributed by atoms with van der Waals surface area (Å²) in [6.07, 6.45) is 3.57. The van der Waals surface area contributed by atoms with Crippen molar-refractivity contribution < 1.29 is 4.39 Å². The quantitative estimate of drug-likeness (QED) is 0.814. The lowest BCUT2D eigenvalue weighted by molar-refractivity contribution is 0.119. The Morgan fingerprint density at radius 1 is 1.45 bits per heavy atom. The van der Waals surface area contributed by atoms with Crippen molar-refractivity contribution in [2.75, 3.05) is 26.7 Å². The molecule has 1 aliphatic rings. The molecule has 1 fully saturated rings. The molecule has 0 bridgehead atoms. The van der Waals surface area contributed by atoms with Crippen molar-refractivity contribution in [3.05, 3.63) is 34.1 Å². The van der Waals surface area contributed by atoms with Gasteiger partial charge in [-0.1, -0.05) is 22.9 Å². The number of halogens is 2. The molecule has 1 heterocycles. The van der Waals surface area contributed by atoms with Crippen LogP contribution in [-0.2, 0) is 0 Å². The Bertz CT molecular complexity index is 438. The van der Waals surface area contributed by atoms with Crippen molar-refractivity contribution in [3.8, 4) is 0 Å². The fraction of sp³-hybridized carbons (Fsp3) is 0.625. The Hall–Kier alpha value is -0.450. The van der Waals surface area contributed by atoms with Crippen molar-refractivity contribution in [2.45, 2.75) is 32.2 Å². The summed E-state index contributed by atoms with van der Waals surface area (Å²) < 4.78 is 14.6. The summed E-state index contributed by atoms with van der Waals surface area (Å²) in [5, 5.41) is 3.52. The van der Waals surface area contributed by atoms with Gasteiger partial charge in [0.2, 0.25) is 0 Å². The van der Waals surface area contributed by atoms with E-state index >= 15 is 0 Å². The summed E-state index contributed by atoms with van der Waals surface area (Å²) in [5.74, 6) is 0.390. The highest BCUT2D eigenvalue weighted by atomic mass is 79.9. The first-order chi connectivity index (χ1) is 9.63.